The fourth-order valence-corrected chi connectivity index (χ4v) is 1.99. The van der Waals surface area contributed by atoms with Gasteiger partial charge in [0.15, 0.2) is 18.2 Å². The fourth-order valence-electron chi connectivity index (χ4n) is 1.59. The number of carbonyl (C=O) groups is 1. The minimum atomic E-state index is -0.677. The van der Waals surface area contributed by atoms with Gasteiger partial charge in [0, 0.05) is 10.2 Å². The van der Waals surface area contributed by atoms with Crippen LogP contribution in [0.5, 0.6) is 5.75 Å². The molecule has 0 spiro atoms. The summed E-state index contributed by atoms with van der Waals surface area (Å²) in [4.78, 5) is 11.7. The molecule has 2 rings (SSSR count). The van der Waals surface area contributed by atoms with Crippen molar-refractivity contribution < 1.29 is 13.9 Å². The fraction of sp³-hybridized carbons (Fsp3) is 0.0667. The molecule has 0 bridgehead atoms. The Morgan fingerprint density at radius 2 is 2.14 bits per heavy atom. The molecular formula is C15H10BrFN2O2. The maximum Gasteiger partial charge on any atom is 0.262 e. The minimum absolute atomic E-state index is 0.0709. The summed E-state index contributed by atoms with van der Waals surface area (Å²) >= 11 is 3.29. The van der Waals surface area contributed by atoms with Crippen molar-refractivity contribution in [3.63, 3.8) is 0 Å². The number of benzene rings is 2. The summed E-state index contributed by atoms with van der Waals surface area (Å²) in [7, 11) is 0. The summed E-state index contributed by atoms with van der Waals surface area (Å²) in [5, 5.41) is 11.3. The summed E-state index contributed by atoms with van der Waals surface area (Å²) < 4.78 is 19.5. The quantitative estimate of drug-likeness (QED) is 0.919. The van der Waals surface area contributed by atoms with E-state index in [-0.39, 0.29) is 17.9 Å². The monoisotopic (exact) mass is 348 g/mol. The smallest absolute Gasteiger partial charge is 0.262 e. The normalized spacial score (nSPS) is 9.76. The highest BCUT2D eigenvalue weighted by molar-refractivity contribution is 9.10. The average Bonchev–Trinajstić information content (AvgIpc) is 2.46. The van der Waals surface area contributed by atoms with E-state index in [1.165, 1.54) is 12.1 Å². The van der Waals surface area contributed by atoms with E-state index < -0.39 is 11.7 Å². The molecule has 0 aliphatic carbocycles. The summed E-state index contributed by atoms with van der Waals surface area (Å²) in [6, 6.07) is 12.7. The van der Waals surface area contributed by atoms with Crippen LogP contribution in [0.2, 0.25) is 0 Å². The van der Waals surface area contributed by atoms with Crippen LogP contribution in [-0.2, 0) is 4.79 Å². The number of halogens is 2. The summed E-state index contributed by atoms with van der Waals surface area (Å²) in [5.74, 6) is -1.15. The van der Waals surface area contributed by atoms with Crippen LogP contribution in [0.4, 0.5) is 10.1 Å². The van der Waals surface area contributed by atoms with Gasteiger partial charge in [-0.05, 0) is 36.4 Å². The van der Waals surface area contributed by atoms with E-state index in [4.69, 9.17) is 10.00 Å². The molecule has 0 atom stereocenters. The van der Waals surface area contributed by atoms with Gasteiger partial charge >= 0.3 is 0 Å². The molecule has 0 heterocycles. The van der Waals surface area contributed by atoms with E-state index in [0.29, 0.717) is 5.69 Å². The average molecular weight is 349 g/mol. The molecule has 6 heteroatoms. The molecule has 0 saturated carbocycles. The van der Waals surface area contributed by atoms with E-state index in [9.17, 15) is 9.18 Å². The molecule has 0 radical (unpaired) electrons. The largest absolute Gasteiger partial charge is 0.481 e. The zero-order valence-corrected chi connectivity index (χ0v) is 12.4. The SMILES string of the molecule is N#Cc1ccc(OCC(=O)Nc2cccc(Br)c2)c(F)c1. The first-order valence-corrected chi connectivity index (χ1v) is 6.75. The highest BCUT2D eigenvalue weighted by atomic mass is 79.9. The molecule has 21 heavy (non-hydrogen) atoms. The first-order valence-electron chi connectivity index (χ1n) is 5.96. The molecule has 1 amide bonds. The van der Waals surface area contributed by atoms with Crippen LogP contribution in [-0.4, -0.2) is 12.5 Å². The Morgan fingerprint density at radius 1 is 1.33 bits per heavy atom. The number of rotatable bonds is 4. The number of amides is 1. The van der Waals surface area contributed by atoms with Gasteiger partial charge in [-0.15, -0.1) is 0 Å². The molecule has 1 N–H and O–H groups in total. The van der Waals surface area contributed by atoms with Crippen molar-refractivity contribution in [3.05, 3.63) is 58.3 Å². The van der Waals surface area contributed by atoms with Crippen LogP contribution < -0.4 is 10.1 Å². The van der Waals surface area contributed by atoms with Gasteiger partial charge in [-0.2, -0.15) is 5.26 Å². The second-order valence-electron chi connectivity index (χ2n) is 4.10. The molecule has 0 saturated heterocycles. The number of nitrogens with zero attached hydrogens (tertiary/aromatic N) is 1. The number of hydrogen-bond acceptors (Lipinski definition) is 3. The lowest BCUT2D eigenvalue weighted by atomic mass is 10.2. The highest BCUT2D eigenvalue weighted by Crippen LogP contribution is 2.18. The predicted molar refractivity (Wildman–Crippen MR) is 79.4 cm³/mol. The summed E-state index contributed by atoms with van der Waals surface area (Å²) in [6.07, 6.45) is 0. The summed E-state index contributed by atoms with van der Waals surface area (Å²) in [5.41, 5.74) is 0.803. The maximum absolute atomic E-state index is 13.6. The van der Waals surface area contributed by atoms with E-state index in [2.05, 4.69) is 21.2 Å². The second kappa shape index (κ2) is 6.86. The Kier molecular flexibility index (Phi) is 4.90. The van der Waals surface area contributed by atoms with Crippen molar-refractivity contribution in [2.75, 3.05) is 11.9 Å². The van der Waals surface area contributed by atoms with Crippen molar-refractivity contribution in [2.24, 2.45) is 0 Å². The number of ether oxygens (including phenoxy) is 1. The lowest BCUT2D eigenvalue weighted by molar-refractivity contribution is -0.118. The van der Waals surface area contributed by atoms with Crippen molar-refractivity contribution in [1.82, 2.24) is 0 Å². The number of nitriles is 1. The molecule has 4 nitrogen and oxygen atoms in total. The molecule has 2 aromatic rings. The number of carbonyl (C=O) groups excluding carboxylic acids is 1. The first-order chi connectivity index (χ1) is 10.1. The van der Waals surface area contributed by atoms with Crippen LogP contribution >= 0.6 is 15.9 Å². The third kappa shape index (κ3) is 4.29. The van der Waals surface area contributed by atoms with E-state index in [1.54, 1.807) is 18.2 Å². The molecule has 0 unspecified atom stereocenters. The van der Waals surface area contributed by atoms with Gasteiger partial charge in [0.2, 0.25) is 0 Å². The van der Waals surface area contributed by atoms with Gasteiger partial charge in [-0.1, -0.05) is 22.0 Å². The Balaban J connectivity index is 1.94. The van der Waals surface area contributed by atoms with Crippen LogP contribution in [0.15, 0.2) is 46.9 Å². The van der Waals surface area contributed by atoms with Gasteiger partial charge in [0.1, 0.15) is 0 Å². The molecule has 2 aromatic carbocycles. The van der Waals surface area contributed by atoms with Crippen molar-refractivity contribution >= 4 is 27.5 Å². The van der Waals surface area contributed by atoms with Gasteiger partial charge in [0.05, 0.1) is 11.6 Å². The minimum Gasteiger partial charge on any atom is -0.481 e. The lowest BCUT2D eigenvalue weighted by Gasteiger charge is -2.08. The molecule has 0 fully saturated rings. The molecule has 0 aromatic heterocycles. The Labute approximate surface area is 129 Å². The van der Waals surface area contributed by atoms with Gasteiger partial charge < -0.3 is 10.1 Å². The van der Waals surface area contributed by atoms with Gasteiger partial charge in [-0.3, -0.25) is 4.79 Å². The first kappa shape index (κ1) is 15.0. The van der Waals surface area contributed by atoms with E-state index >= 15 is 0 Å². The van der Waals surface area contributed by atoms with Crippen molar-refractivity contribution in [1.29, 1.82) is 5.26 Å². The van der Waals surface area contributed by atoms with E-state index in [1.807, 2.05) is 12.1 Å². The highest BCUT2D eigenvalue weighted by Gasteiger charge is 2.08. The molecule has 106 valence electrons. The Bertz CT molecular complexity index is 713. The predicted octanol–water partition coefficient (Wildman–Crippen LogP) is 3.48. The standard InChI is InChI=1S/C15H10BrFN2O2/c16-11-2-1-3-12(7-11)19-15(20)9-21-14-5-4-10(8-18)6-13(14)17/h1-7H,9H2,(H,19,20). The third-order valence-corrected chi connectivity index (χ3v) is 3.02. The zero-order valence-electron chi connectivity index (χ0n) is 10.8. The van der Waals surface area contributed by atoms with Crippen LogP contribution in [0.3, 0.4) is 0 Å². The van der Waals surface area contributed by atoms with Crippen LogP contribution in [0, 0.1) is 17.1 Å². The van der Waals surface area contributed by atoms with Crippen molar-refractivity contribution in [3.8, 4) is 11.8 Å². The topological polar surface area (TPSA) is 62.1 Å². The van der Waals surface area contributed by atoms with E-state index in [0.717, 1.165) is 10.5 Å². The lowest BCUT2D eigenvalue weighted by Crippen LogP contribution is -2.20. The van der Waals surface area contributed by atoms with Gasteiger partial charge in [-0.25, -0.2) is 4.39 Å². The summed E-state index contributed by atoms with van der Waals surface area (Å²) in [6.45, 7) is -0.324. The number of hydrogen-bond donors (Lipinski definition) is 1. The molecule has 0 aliphatic heterocycles. The number of anilines is 1. The van der Waals surface area contributed by atoms with Crippen LogP contribution in [0.1, 0.15) is 5.56 Å². The Hall–Kier alpha value is -2.39. The molecule has 0 aliphatic rings. The zero-order chi connectivity index (χ0) is 15.2. The Morgan fingerprint density at radius 3 is 2.81 bits per heavy atom. The number of nitrogens with one attached hydrogen (secondary N) is 1. The maximum atomic E-state index is 13.6. The third-order valence-electron chi connectivity index (χ3n) is 2.53. The van der Waals surface area contributed by atoms with Crippen LogP contribution in [0.25, 0.3) is 0 Å². The van der Waals surface area contributed by atoms with Gasteiger partial charge in [0.25, 0.3) is 5.91 Å². The van der Waals surface area contributed by atoms with Crippen molar-refractivity contribution in [2.45, 2.75) is 0 Å². The second-order valence-corrected chi connectivity index (χ2v) is 5.02. The molecular weight excluding hydrogens is 339 g/mol.